The second-order valence-corrected chi connectivity index (χ2v) is 5.26. The molecule has 2 heteroatoms. The Morgan fingerprint density at radius 3 is 2.57 bits per heavy atom. The molecule has 0 heterocycles. The lowest BCUT2D eigenvalue weighted by Gasteiger charge is -2.14. The number of hydrogen-bond donors (Lipinski definition) is 0. The summed E-state index contributed by atoms with van der Waals surface area (Å²) < 4.78 is 1.01. The zero-order chi connectivity index (χ0) is 10.3. The Kier molecular flexibility index (Phi) is 2.26. The number of aldehydes is 1. The van der Waals surface area contributed by atoms with Gasteiger partial charge < -0.3 is 0 Å². The van der Waals surface area contributed by atoms with Crippen LogP contribution in [0.15, 0.2) is 16.6 Å². The second-order valence-electron chi connectivity index (χ2n) is 4.35. The Morgan fingerprint density at radius 2 is 2.07 bits per heavy atom. The maximum atomic E-state index is 10.9. The smallest absolute Gasteiger partial charge is 0.150 e. The highest BCUT2D eigenvalue weighted by molar-refractivity contribution is 9.10. The Balaban J connectivity index is 2.59. The van der Waals surface area contributed by atoms with Crippen molar-refractivity contribution in [2.75, 3.05) is 0 Å². The molecule has 74 valence electrons. The molecule has 0 bridgehead atoms. The highest BCUT2D eigenvalue weighted by Crippen LogP contribution is 2.49. The van der Waals surface area contributed by atoms with E-state index in [0.717, 1.165) is 21.9 Å². The minimum Gasteiger partial charge on any atom is -0.298 e. The molecule has 2 rings (SSSR count). The first-order valence-electron chi connectivity index (χ1n) is 4.83. The van der Waals surface area contributed by atoms with Crippen molar-refractivity contribution in [1.29, 1.82) is 0 Å². The van der Waals surface area contributed by atoms with Crippen LogP contribution in [0.1, 0.15) is 41.3 Å². The number of benzene rings is 1. The molecule has 0 radical (unpaired) electrons. The van der Waals surface area contributed by atoms with E-state index in [2.05, 4.69) is 28.9 Å². The van der Waals surface area contributed by atoms with Crippen LogP contribution in [0, 0.1) is 6.92 Å². The van der Waals surface area contributed by atoms with Gasteiger partial charge in [-0.05, 0) is 48.4 Å². The highest BCUT2D eigenvalue weighted by atomic mass is 79.9. The van der Waals surface area contributed by atoms with Gasteiger partial charge in [0.05, 0.1) is 0 Å². The molecule has 1 saturated carbocycles. The second kappa shape index (κ2) is 3.20. The third kappa shape index (κ3) is 1.52. The standard InChI is InChI=1S/C12H13BrO/c1-8-9(7-14)5-10(13)6-11(8)12(2)3-4-12/h5-7H,3-4H2,1-2H3. The minimum absolute atomic E-state index is 0.325. The van der Waals surface area contributed by atoms with Crippen molar-refractivity contribution in [3.05, 3.63) is 33.3 Å². The van der Waals surface area contributed by atoms with E-state index in [-0.39, 0.29) is 0 Å². The number of rotatable bonds is 2. The zero-order valence-corrected chi connectivity index (χ0v) is 10.0. The van der Waals surface area contributed by atoms with Crippen LogP contribution in [-0.4, -0.2) is 6.29 Å². The molecule has 0 aromatic heterocycles. The van der Waals surface area contributed by atoms with Crippen LogP contribution < -0.4 is 0 Å². The normalized spacial score (nSPS) is 17.9. The summed E-state index contributed by atoms with van der Waals surface area (Å²) in [5.41, 5.74) is 3.60. The molecule has 1 nitrogen and oxygen atoms in total. The topological polar surface area (TPSA) is 17.1 Å². The van der Waals surface area contributed by atoms with Crippen molar-refractivity contribution in [3.8, 4) is 0 Å². The van der Waals surface area contributed by atoms with Crippen LogP contribution in [0.25, 0.3) is 0 Å². The van der Waals surface area contributed by atoms with Crippen molar-refractivity contribution < 1.29 is 4.79 Å². The van der Waals surface area contributed by atoms with Gasteiger partial charge in [0.25, 0.3) is 0 Å². The average Bonchev–Trinajstić information content (AvgIpc) is 2.88. The number of carbonyl (C=O) groups excluding carboxylic acids is 1. The molecule has 0 saturated heterocycles. The zero-order valence-electron chi connectivity index (χ0n) is 8.43. The van der Waals surface area contributed by atoms with Crippen molar-refractivity contribution >= 4 is 22.2 Å². The number of hydrogen-bond acceptors (Lipinski definition) is 1. The van der Waals surface area contributed by atoms with Gasteiger partial charge in [0.1, 0.15) is 6.29 Å². The van der Waals surface area contributed by atoms with E-state index in [1.807, 2.05) is 13.0 Å². The Bertz CT molecular complexity index is 392. The molecular weight excluding hydrogens is 240 g/mol. The first-order valence-corrected chi connectivity index (χ1v) is 5.62. The Hall–Kier alpha value is -0.630. The highest BCUT2D eigenvalue weighted by Gasteiger charge is 2.40. The lowest BCUT2D eigenvalue weighted by molar-refractivity contribution is 0.112. The molecule has 14 heavy (non-hydrogen) atoms. The molecule has 1 aromatic carbocycles. The van der Waals surface area contributed by atoms with Gasteiger partial charge in [0.15, 0.2) is 0 Å². The van der Waals surface area contributed by atoms with Crippen LogP contribution in [0.5, 0.6) is 0 Å². The fraction of sp³-hybridized carbons (Fsp3) is 0.417. The first-order chi connectivity index (χ1) is 6.57. The van der Waals surface area contributed by atoms with Gasteiger partial charge in [-0.1, -0.05) is 22.9 Å². The minimum atomic E-state index is 0.325. The molecule has 0 N–H and O–H groups in total. The Morgan fingerprint density at radius 1 is 1.43 bits per heavy atom. The van der Waals surface area contributed by atoms with Crippen LogP contribution in [0.2, 0.25) is 0 Å². The number of halogens is 1. The quantitative estimate of drug-likeness (QED) is 0.735. The molecule has 1 fully saturated rings. The molecule has 0 aliphatic heterocycles. The van der Waals surface area contributed by atoms with Crippen LogP contribution in [0.3, 0.4) is 0 Å². The summed E-state index contributed by atoms with van der Waals surface area (Å²) in [5.74, 6) is 0. The summed E-state index contributed by atoms with van der Waals surface area (Å²) in [5, 5.41) is 0. The molecule has 0 spiro atoms. The first kappa shape index (κ1) is 9.91. The van der Waals surface area contributed by atoms with E-state index in [1.54, 1.807) is 0 Å². The SMILES string of the molecule is Cc1c(C=O)cc(Br)cc1C1(C)CC1. The summed E-state index contributed by atoms with van der Waals surface area (Å²) in [6.45, 7) is 4.30. The van der Waals surface area contributed by atoms with Crippen molar-refractivity contribution in [3.63, 3.8) is 0 Å². The van der Waals surface area contributed by atoms with Crippen molar-refractivity contribution in [2.45, 2.75) is 32.1 Å². The molecule has 1 aromatic rings. The van der Waals surface area contributed by atoms with Gasteiger partial charge in [-0.3, -0.25) is 4.79 Å². The van der Waals surface area contributed by atoms with E-state index in [1.165, 1.54) is 18.4 Å². The molecule has 0 amide bonds. The average molecular weight is 253 g/mol. The van der Waals surface area contributed by atoms with E-state index >= 15 is 0 Å². The van der Waals surface area contributed by atoms with E-state index in [0.29, 0.717) is 5.41 Å². The van der Waals surface area contributed by atoms with Crippen molar-refractivity contribution in [1.82, 2.24) is 0 Å². The van der Waals surface area contributed by atoms with E-state index in [9.17, 15) is 4.79 Å². The number of carbonyl (C=O) groups is 1. The summed E-state index contributed by atoms with van der Waals surface area (Å²) in [6, 6.07) is 4.03. The Labute approximate surface area is 92.6 Å². The molecule has 1 aliphatic rings. The maximum absolute atomic E-state index is 10.9. The van der Waals surface area contributed by atoms with E-state index < -0.39 is 0 Å². The van der Waals surface area contributed by atoms with Gasteiger partial charge in [0.2, 0.25) is 0 Å². The summed E-state index contributed by atoms with van der Waals surface area (Å²) >= 11 is 3.45. The van der Waals surface area contributed by atoms with Gasteiger partial charge in [-0.2, -0.15) is 0 Å². The van der Waals surface area contributed by atoms with Gasteiger partial charge in [0, 0.05) is 10.0 Å². The lowest BCUT2D eigenvalue weighted by atomic mass is 9.91. The lowest BCUT2D eigenvalue weighted by Crippen LogP contribution is -2.05. The van der Waals surface area contributed by atoms with Crippen LogP contribution >= 0.6 is 15.9 Å². The monoisotopic (exact) mass is 252 g/mol. The van der Waals surface area contributed by atoms with Crippen LogP contribution in [-0.2, 0) is 5.41 Å². The summed E-state index contributed by atoms with van der Waals surface area (Å²) in [7, 11) is 0. The summed E-state index contributed by atoms with van der Waals surface area (Å²) in [4.78, 5) is 10.9. The third-order valence-corrected chi connectivity index (χ3v) is 3.65. The fourth-order valence-electron chi connectivity index (χ4n) is 1.91. The molecule has 0 atom stereocenters. The fourth-order valence-corrected chi connectivity index (χ4v) is 2.38. The van der Waals surface area contributed by atoms with Gasteiger partial charge in [-0.15, -0.1) is 0 Å². The molecule has 0 unspecified atom stereocenters. The maximum Gasteiger partial charge on any atom is 0.150 e. The predicted octanol–water partition coefficient (Wildman–Crippen LogP) is 3.62. The van der Waals surface area contributed by atoms with Gasteiger partial charge >= 0.3 is 0 Å². The molecular formula is C12H13BrO. The van der Waals surface area contributed by atoms with Crippen molar-refractivity contribution in [2.24, 2.45) is 0 Å². The summed E-state index contributed by atoms with van der Waals surface area (Å²) in [6.07, 6.45) is 3.42. The van der Waals surface area contributed by atoms with Gasteiger partial charge in [-0.25, -0.2) is 0 Å². The van der Waals surface area contributed by atoms with Crippen LogP contribution in [0.4, 0.5) is 0 Å². The largest absolute Gasteiger partial charge is 0.298 e. The molecule has 1 aliphatic carbocycles. The predicted molar refractivity (Wildman–Crippen MR) is 60.9 cm³/mol. The third-order valence-electron chi connectivity index (χ3n) is 3.19. The van der Waals surface area contributed by atoms with E-state index in [4.69, 9.17) is 0 Å².